The zero-order valence-electron chi connectivity index (χ0n) is 17.8. The van der Waals surface area contributed by atoms with E-state index in [-0.39, 0.29) is 34.6 Å². The Kier molecular flexibility index (Phi) is 6.75. The Labute approximate surface area is 196 Å². The Morgan fingerprint density at radius 1 is 0.939 bits per heavy atom. The van der Waals surface area contributed by atoms with Gasteiger partial charge in [0.25, 0.3) is 5.91 Å². The number of anilines is 1. The van der Waals surface area contributed by atoms with Crippen molar-refractivity contribution in [2.75, 3.05) is 18.4 Å². The molecule has 168 valence electrons. The monoisotopic (exact) mass is 462 g/mol. The standard InChI is InChI=1S/C26H23ClN2O4/c27-21-11-12-23(22(15-21)26(32)33)28-24(30)20-10-5-13-29(16-20)25(31)19-9-4-8-18(14-19)17-6-2-1-3-7-17/h1-4,6-9,11-12,14-15,20H,5,10,13,16H2,(H,28,30)(H,32,33). The maximum Gasteiger partial charge on any atom is 0.337 e. The van der Waals surface area contributed by atoms with Gasteiger partial charge in [-0.25, -0.2) is 4.79 Å². The molecule has 1 atom stereocenters. The van der Waals surface area contributed by atoms with Crippen LogP contribution in [0.5, 0.6) is 0 Å². The average molecular weight is 463 g/mol. The predicted molar refractivity (Wildman–Crippen MR) is 128 cm³/mol. The Morgan fingerprint density at radius 2 is 1.70 bits per heavy atom. The molecule has 0 radical (unpaired) electrons. The third-order valence-electron chi connectivity index (χ3n) is 5.77. The van der Waals surface area contributed by atoms with Gasteiger partial charge in [0.15, 0.2) is 0 Å². The summed E-state index contributed by atoms with van der Waals surface area (Å²) in [6, 6.07) is 21.6. The molecular weight excluding hydrogens is 440 g/mol. The van der Waals surface area contributed by atoms with Crippen LogP contribution in [0.1, 0.15) is 33.6 Å². The van der Waals surface area contributed by atoms with Gasteiger partial charge in [-0.2, -0.15) is 0 Å². The van der Waals surface area contributed by atoms with Crippen molar-refractivity contribution in [2.45, 2.75) is 12.8 Å². The number of amides is 2. The Hall–Kier alpha value is -3.64. The van der Waals surface area contributed by atoms with Gasteiger partial charge >= 0.3 is 5.97 Å². The topological polar surface area (TPSA) is 86.7 Å². The van der Waals surface area contributed by atoms with Crippen LogP contribution in [0, 0.1) is 5.92 Å². The molecule has 2 amide bonds. The van der Waals surface area contributed by atoms with Crippen molar-refractivity contribution >= 4 is 35.1 Å². The van der Waals surface area contributed by atoms with E-state index in [2.05, 4.69) is 5.32 Å². The summed E-state index contributed by atoms with van der Waals surface area (Å²) in [6.45, 7) is 0.843. The minimum atomic E-state index is -1.17. The summed E-state index contributed by atoms with van der Waals surface area (Å²) in [6.07, 6.45) is 1.31. The number of nitrogens with zero attached hydrogens (tertiary/aromatic N) is 1. The zero-order valence-corrected chi connectivity index (χ0v) is 18.6. The molecule has 33 heavy (non-hydrogen) atoms. The van der Waals surface area contributed by atoms with Gasteiger partial charge < -0.3 is 15.3 Å². The van der Waals surface area contributed by atoms with Crippen molar-refractivity contribution in [1.29, 1.82) is 0 Å². The van der Waals surface area contributed by atoms with E-state index in [0.29, 0.717) is 24.9 Å². The summed E-state index contributed by atoms with van der Waals surface area (Å²) in [5.41, 5.74) is 2.67. The van der Waals surface area contributed by atoms with Gasteiger partial charge in [0.1, 0.15) is 0 Å². The lowest BCUT2D eigenvalue weighted by molar-refractivity contribution is -0.121. The first-order chi connectivity index (χ1) is 15.9. The first-order valence-electron chi connectivity index (χ1n) is 10.7. The molecule has 7 heteroatoms. The van der Waals surface area contributed by atoms with Gasteiger partial charge in [-0.3, -0.25) is 9.59 Å². The minimum absolute atomic E-state index is 0.0719. The Morgan fingerprint density at radius 3 is 2.45 bits per heavy atom. The molecule has 1 saturated heterocycles. The summed E-state index contributed by atoms with van der Waals surface area (Å²) in [7, 11) is 0. The quantitative estimate of drug-likeness (QED) is 0.545. The van der Waals surface area contributed by atoms with Gasteiger partial charge in [0.05, 0.1) is 17.2 Å². The third kappa shape index (κ3) is 5.23. The number of hydrogen-bond acceptors (Lipinski definition) is 3. The van der Waals surface area contributed by atoms with Crippen LogP contribution < -0.4 is 5.32 Å². The zero-order chi connectivity index (χ0) is 23.4. The van der Waals surface area contributed by atoms with Crippen molar-refractivity contribution < 1.29 is 19.5 Å². The van der Waals surface area contributed by atoms with E-state index < -0.39 is 11.9 Å². The highest BCUT2D eigenvalue weighted by atomic mass is 35.5. The number of nitrogens with one attached hydrogen (secondary N) is 1. The number of carbonyl (C=O) groups excluding carboxylic acids is 2. The van der Waals surface area contributed by atoms with Crippen LogP contribution in [0.2, 0.25) is 5.02 Å². The second-order valence-corrected chi connectivity index (χ2v) is 8.46. The van der Waals surface area contributed by atoms with E-state index >= 15 is 0 Å². The largest absolute Gasteiger partial charge is 0.478 e. The molecule has 6 nitrogen and oxygen atoms in total. The number of halogens is 1. The molecule has 1 aliphatic heterocycles. The van der Waals surface area contributed by atoms with Crippen LogP contribution in [0.25, 0.3) is 11.1 Å². The van der Waals surface area contributed by atoms with E-state index in [1.54, 1.807) is 11.0 Å². The molecule has 3 aromatic carbocycles. The fourth-order valence-electron chi connectivity index (χ4n) is 4.06. The second kappa shape index (κ2) is 9.88. The number of hydrogen-bond donors (Lipinski definition) is 2. The van der Waals surface area contributed by atoms with Crippen LogP contribution in [0.4, 0.5) is 5.69 Å². The fourth-order valence-corrected chi connectivity index (χ4v) is 4.23. The number of likely N-dealkylation sites (tertiary alicyclic amines) is 1. The van der Waals surface area contributed by atoms with E-state index in [1.165, 1.54) is 18.2 Å². The summed E-state index contributed by atoms with van der Waals surface area (Å²) in [5.74, 6) is -2.04. The fraction of sp³-hybridized carbons (Fsp3) is 0.192. The highest BCUT2D eigenvalue weighted by Crippen LogP contribution is 2.25. The second-order valence-electron chi connectivity index (χ2n) is 8.02. The van der Waals surface area contributed by atoms with Crippen LogP contribution in [0.3, 0.4) is 0 Å². The van der Waals surface area contributed by atoms with Gasteiger partial charge in [0, 0.05) is 23.7 Å². The molecule has 3 aromatic rings. The Bertz CT molecular complexity index is 1200. The highest BCUT2D eigenvalue weighted by Gasteiger charge is 2.29. The molecule has 0 saturated carbocycles. The SMILES string of the molecule is O=C(O)c1cc(Cl)ccc1NC(=O)C1CCCN(C(=O)c2cccc(-c3ccccc3)c2)C1. The lowest BCUT2D eigenvalue weighted by Gasteiger charge is -2.32. The van der Waals surface area contributed by atoms with E-state index in [0.717, 1.165) is 11.1 Å². The predicted octanol–water partition coefficient (Wildman–Crippen LogP) is 5.20. The van der Waals surface area contributed by atoms with Gasteiger partial charge in [-0.15, -0.1) is 0 Å². The molecule has 4 rings (SSSR count). The first-order valence-corrected chi connectivity index (χ1v) is 11.1. The average Bonchev–Trinajstić information content (AvgIpc) is 2.85. The van der Waals surface area contributed by atoms with Crippen LogP contribution >= 0.6 is 11.6 Å². The molecule has 1 fully saturated rings. The molecule has 2 N–H and O–H groups in total. The molecule has 0 aromatic heterocycles. The van der Waals surface area contributed by atoms with Crippen LogP contribution in [-0.4, -0.2) is 40.9 Å². The normalized spacial score (nSPS) is 15.7. The number of carboxylic acid groups (broad SMARTS) is 1. The summed E-state index contributed by atoms with van der Waals surface area (Å²) < 4.78 is 0. The van der Waals surface area contributed by atoms with Gasteiger partial charge in [0.2, 0.25) is 5.91 Å². The van der Waals surface area contributed by atoms with E-state index in [1.807, 2.05) is 48.5 Å². The summed E-state index contributed by atoms with van der Waals surface area (Å²) in [4.78, 5) is 39.3. The molecule has 1 heterocycles. The molecule has 0 bridgehead atoms. The van der Waals surface area contributed by atoms with Crippen LogP contribution in [0.15, 0.2) is 72.8 Å². The number of aromatic carboxylic acids is 1. The lowest BCUT2D eigenvalue weighted by Crippen LogP contribution is -2.43. The van der Waals surface area contributed by atoms with Crippen molar-refractivity contribution in [3.63, 3.8) is 0 Å². The number of carbonyl (C=O) groups is 3. The number of carboxylic acids is 1. The van der Waals surface area contributed by atoms with Gasteiger partial charge in [-0.1, -0.05) is 54.1 Å². The maximum atomic E-state index is 13.2. The van der Waals surface area contributed by atoms with Crippen molar-refractivity contribution in [3.8, 4) is 11.1 Å². The van der Waals surface area contributed by atoms with Gasteiger partial charge in [-0.05, 0) is 54.3 Å². The molecular formula is C26H23ClN2O4. The molecule has 1 aliphatic rings. The Balaban J connectivity index is 1.47. The summed E-state index contributed by atoms with van der Waals surface area (Å²) in [5, 5.41) is 12.4. The van der Waals surface area contributed by atoms with E-state index in [9.17, 15) is 19.5 Å². The highest BCUT2D eigenvalue weighted by molar-refractivity contribution is 6.31. The number of benzene rings is 3. The van der Waals surface area contributed by atoms with E-state index in [4.69, 9.17) is 11.6 Å². The van der Waals surface area contributed by atoms with Crippen LogP contribution in [-0.2, 0) is 4.79 Å². The van der Waals surface area contributed by atoms with Crippen molar-refractivity contribution in [3.05, 3.63) is 88.9 Å². The first kappa shape index (κ1) is 22.6. The van der Waals surface area contributed by atoms with Crippen molar-refractivity contribution in [2.24, 2.45) is 5.92 Å². The number of piperidine rings is 1. The minimum Gasteiger partial charge on any atom is -0.478 e. The van der Waals surface area contributed by atoms with Crippen molar-refractivity contribution in [1.82, 2.24) is 4.90 Å². The third-order valence-corrected chi connectivity index (χ3v) is 6.00. The number of rotatable bonds is 5. The smallest absolute Gasteiger partial charge is 0.337 e. The molecule has 0 spiro atoms. The summed E-state index contributed by atoms with van der Waals surface area (Å²) >= 11 is 5.89. The maximum absolute atomic E-state index is 13.2. The molecule has 0 aliphatic carbocycles. The lowest BCUT2D eigenvalue weighted by atomic mass is 9.95. The molecule has 1 unspecified atom stereocenters.